The molecule has 6 nitrogen and oxygen atoms in total. The fraction of sp³-hybridized carbons (Fsp3) is 0.636. The Bertz CT molecular complexity index is 691. The van der Waals surface area contributed by atoms with E-state index in [-0.39, 0.29) is 18.9 Å². The maximum atomic E-state index is 12.8. The predicted octanol–water partition coefficient (Wildman–Crippen LogP) is 3.55. The molecule has 7 heteroatoms. The van der Waals surface area contributed by atoms with Crippen LogP contribution in [0, 0.1) is 5.92 Å². The molecule has 1 aromatic carbocycles. The van der Waals surface area contributed by atoms with Gasteiger partial charge in [0.15, 0.2) is 0 Å². The van der Waals surface area contributed by atoms with Gasteiger partial charge in [-0.3, -0.25) is 9.59 Å². The Morgan fingerprint density at radius 1 is 1.21 bits per heavy atom. The third-order valence-corrected chi connectivity index (χ3v) is 6.16. The molecule has 2 aliphatic rings. The monoisotopic (exact) mass is 422 g/mol. The molecule has 1 saturated carbocycles. The van der Waals surface area contributed by atoms with Gasteiger partial charge in [-0.15, -0.1) is 0 Å². The van der Waals surface area contributed by atoms with Crippen molar-refractivity contribution in [3.63, 3.8) is 0 Å². The van der Waals surface area contributed by atoms with Gasteiger partial charge in [-0.2, -0.15) is 0 Å². The van der Waals surface area contributed by atoms with Crippen molar-refractivity contribution >= 4 is 23.4 Å². The number of benzene rings is 1. The minimum Gasteiger partial charge on any atom is -0.490 e. The molecule has 1 aliphatic heterocycles. The number of hydrogen-bond donors (Lipinski definition) is 1. The maximum absolute atomic E-state index is 12.8. The first-order valence-corrected chi connectivity index (χ1v) is 10.9. The summed E-state index contributed by atoms with van der Waals surface area (Å²) in [5.41, 5.74) is 4.55. The summed E-state index contributed by atoms with van der Waals surface area (Å²) in [6.07, 6.45) is 7.84. The number of nitrogens with zero attached hydrogens (tertiary/aromatic N) is 1. The smallest absolute Gasteiger partial charge is 0.222 e. The Morgan fingerprint density at radius 3 is 2.62 bits per heavy atom. The van der Waals surface area contributed by atoms with E-state index >= 15 is 0 Å². The Labute approximate surface area is 177 Å². The summed E-state index contributed by atoms with van der Waals surface area (Å²) in [4.78, 5) is 26.3. The van der Waals surface area contributed by atoms with Crippen molar-refractivity contribution in [3.05, 3.63) is 29.3 Å². The van der Waals surface area contributed by atoms with Crippen LogP contribution < -0.4 is 10.5 Å². The zero-order chi connectivity index (χ0) is 20.7. The van der Waals surface area contributed by atoms with Crippen molar-refractivity contribution in [2.75, 3.05) is 26.3 Å². The van der Waals surface area contributed by atoms with Gasteiger partial charge in [-0.1, -0.05) is 43.7 Å². The molecule has 1 aromatic rings. The van der Waals surface area contributed by atoms with Crippen LogP contribution in [-0.4, -0.2) is 48.6 Å². The lowest BCUT2D eigenvalue weighted by Crippen LogP contribution is -2.58. The number of primary amides is 1. The average Bonchev–Trinajstić information content (AvgIpc) is 2.72. The zero-order valence-corrected chi connectivity index (χ0v) is 17.7. The number of nitrogens with two attached hydrogens (primary N) is 1. The van der Waals surface area contributed by atoms with Gasteiger partial charge in [0.1, 0.15) is 18.0 Å². The standard InChI is InChI=1S/C22H31ClN2O4/c23-18-7-9-19(10-8-18)28-16-22(14-20(24)26)15-25(12-13-29-22)21(27)11-6-17-4-2-1-3-5-17/h7-10,17H,1-6,11-16H2,(H2,24,26)/t22-/m1/s1. The summed E-state index contributed by atoms with van der Waals surface area (Å²) in [6.45, 7) is 1.36. The first-order chi connectivity index (χ1) is 14.0. The van der Waals surface area contributed by atoms with E-state index in [1.807, 2.05) is 0 Å². The van der Waals surface area contributed by atoms with Gasteiger partial charge in [-0.05, 0) is 36.6 Å². The fourth-order valence-corrected chi connectivity index (χ4v) is 4.45. The van der Waals surface area contributed by atoms with E-state index in [1.54, 1.807) is 29.2 Å². The number of carbonyl (C=O) groups excluding carboxylic acids is 2. The highest BCUT2D eigenvalue weighted by atomic mass is 35.5. The van der Waals surface area contributed by atoms with Crippen LogP contribution in [0.25, 0.3) is 0 Å². The second kappa shape index (κ2) is 10.3. The van der Waals surface area contributed by atoms with Crippen LogP contribution in [0.2, 0.25) is 5.02 Å². The molecule has 1 heterocycles. The van der Waals surface area contributed by atoms with E-state index in [0.717, 1.165) is 6.42 Å². The summed E-state index contributed by atoms with van der Waals surface area (Å²) < 4.78 is 11.8. The van der Waals surface area contributed by atoms with Crippen LogP contribution in [0.3, 0.4) is 0 Å². The van der Waals surface area contributed by atoms with Crippen molar-refractivity contribution in [1.29, 1.82) is 0 Å². The Balaban J connectivity index is 1.59. The van der Waals surface area contributed by atoms with Gasteiger partial charge in [0.25, 0.3) is 0 Å². The highest BCUT2D eigenvalue weighted by Crippen LogP contribution is 2.29. The second-order valence-corrected chi connectivity index (χ2v) is 8.71. The van der Waals surface area contributed by atoms with Crippen LogP contribution in [0.4, 0.5) is 0 Å². The quantitative estimate of drug-likeness (QED) is 0.694. The minimum absolute atomic E-state index is 0.00694. The summed E-state index contributed by atoms with van der Waals surface area (Å²) in [7, 11) is 0. The molecule has 3 rings (SSSR count). The molecule has 0 aromatic heterocycles. The molecule has 1 saturated heterocycles. The van der Waals surface area contributed by atoms with Crippen LogP contribution >= 0.6 is 11.6 Å². The van der Waals surface area contributed by atoms with Crippen LogP contribution in [0.1, 0.15) is 51.4 Å². The molecular formula is C22H31ClN2O4. The summed E-state index contributed by atoms with van der Waals surface area (Å²) in [5, 5.41) is 0.618. The number of carbonyl (C=O) groups is 2. The number of hydrogen-bond acceptors (Lipinski definition) is 4. The maximum Gasteiger partial charge on any atom is 0.222 e. The van der Waals surface area contributed by atoms with E-state index < -0.39 is 11.5 Å². The average molecular weight is 423 g/mol. The van der Waals surface area contributed by atoms with E-state index in [9.17, 15) is 9.59 Å². The van der Waals surface area contributed by atoms with Crippen LogP contribution in [0.15, 0.2) is 24.3 Å². The third-order valence-electron chi connectivity index (χ3n) is 5.90. The molecule has 0 bridgehead atoms. The van der Waals surface area contributed by atoms with E-state index in [4.69, 9.17) is 26.8 Å². The van der Waals surface area contributed by atoms with Gasteiger partial charge in [-0.25, -0.2) is 0 Å². The van der Waals surface area contributed by atoms with Crippen molar-refractivity contribution in [2.24, 2.45) is 11.7 Å². The lowest BCUT2D eigenvalue weighted by molar-refractivity contribution is -0.162. The number of amides is 2. The second-order valence-electron chi connectivity index (χ2n) is 8.28. The Morgan fingerprint density at radius 2 is 1.93 bits per heavy atom. The van der Waals surface area contributed by atoms with Gasteiger partial charge in [0.2, 0.25) is 11.8 Å². The first-order valence-electron chi connectivity index (χ1n) is 10.5. The van der Waals surface area contributed by atoms with E-state index in [2.05, 4.69) is 0 Å². The summed E-state index contributed by atoms with van der Waals surface area (Å²) in [6, 6.07) is 6.99. The fourth-order valence-electron chi connectivity index (χ4n) is 4.33. The molecule has 2 fully saturated rings. The molecule has 1 aliphatic carbocycles. The number of halogens is 1. The Kier molecular flexibility index (Phi) is 7.78. The minimum atomic E-state index is -0.926. The van der Waals surface area contributed by atoms with Crippen LogP contribution in [0.5, 0.6) is 5.75 Å². The van der Waals surface area contributed by atoms with Crippen molar-refractivity contribution in [1.82, 2.24) is 4.90 Å². The molecule has 160 valence electrons. The van der Waals surface area contributed by atoms with Gasteiger partial charge in [0, 0.05) is 18.0 Å². The van der Waals surface area contributed by atoms with Crippen molar-refractivity contribution in [2.45, 2.75) is 57.0 Å². The molecule has 1 atom stereocenters. The van der Waals surface area contributed by atoms with Crippen LogP contribution in [-0.2, 0) is 14.3 Å². The Hall–Kier alpha value is -1.79. The third kappa shape index (κ3) is 6.61. The largest absolute Gasteiger partial charge is 0.490 e. The highest BCUT2D eigenvalue weighted by Gasteiger charge is 2.40. The zero-order valence-electron chi connectivity index (χ0n) is 16.9. The van der Waals surface area contributed by atoms with Gasteiger partial charge in [0.05, 0.1) is 19.6 Å². The first kappa shape index (κ1) is 21.9. The molecule has 0 radical (unpaired) electrons. The van der Waals surface area contributed by atoms with Crippen molar-refractivity contribution in [3.8, 4) is 5.75 Å². The lowest BCUT2D eigenvalue weighted by Gasteiger charge is -2.42. The number of ether oxygens (including phenoxy) is 2. The van der Waals surface area contributed by atoms with Gasteiger partial charge < -0.3 is 20.1 Å². The lowest BCUT2D eigenvalue weighted by atomic mass is 9.86. The molecule has 2 N–H and O–H groups in total. The number of rotatable bonds is 8. The van der Waals surface area contributed by atoms with E-state index in [1.165, 1.54) is 32.1 Å². The predicted molar refractivity (Wildman–Crippen MR) is 112 cm³/mol. The molecule has 0 unspecified atom stereocenters. The summed E-state index contributed by atoms with van der Waals surface area (Å²) in [5.74, 6) is 0.945. The highest BCUT2D eigenvalue weighted by molar-refractivity contribution is 6.30. The number of morpholine rings is 1. The van der Waals surface area contributed by atoms with Gasteiger partial charge >= 0.3 is 0 Å². The normalized spacial score (nSPS) is 23.0. The van der Waals surface area contributed by atoms with Crippen molar-refractivity contribution < 1.29 is 19.1 Å². The topological polar surface area (TPSA) is 81.9 Å². The molecular weight excluding hydrogens is 392 g/mol. The van der Waals surface area contributed by atoms with E-state index in [0.29, 0.717) is 42.8 Å². The summed E-state index contributed by atoms with van der Waals surface area (Å²) >= 11 is 5.91. The molecule has 0 spiro atoms. The molecule has 2 amide bonds. The SMILES string of the molecule is NC(=O)C[C@]1(COc2ccc(Cl)cc2)CN(C(=O)CCC2CCCCC2)CCO1. The molecule has 29 heavy (non-hydrogen) atoms.